The van der Waals surface area contributed by atoms with Gasteiger partial charge in [0.15, 0.2) is 11.0 Å². The molecule has 0 saturated heterocycles. The number of carbonyl (C=O) groups excluding carboxylic acids is 1. The van der Waals surface area contributed by atoms with Crippen molar-refractivity contribution < 1.29 is 14.3 Å². The van der Waals surface area contributed by atoms with Gasteiger partial charge in [0.05, 0.1) is 19.5 Å². The molecule has 0 radical (unpaired) electrons. The van der Waals surface area contributed by atoms with Crippen molar-refractivity contribution in [2.45, 2.75) is 12.1 Å². The number of amides is 1. The molecule has 7 nitrogen and oxygen atoms in total. The van der Waals surface area contributed by atoms with E-state index in [-0.39, 0.29) is 11.7 Å². The Morgan fingerprint density at radius 1 is 0.970 bits per heavy atom. The fraction of sp³-hybridized carbons (Fsp3) is 0.160. The van der Waals surface area contributed by atoms with Crippen LogP contribution >= 0.6 is 11.8 Å². The Bertz CT molecular complexity index is 1210. The van der Waals surface area contributed by atoms with E-state index in [1.165, 1.54) is 11.8 Å². The van der Waals surface area contributed by atoms with Crippen LogP contribution in [0.4, 0.5) is 5.69 Å². The first kappa shape index (κ1) is 22.4. The van der Waals surface area contributed by atoms with Crippen molar-refractivity contribution >= 4 is 23.4 Å². The summed E-state index contributed by atoms with van der Waals surface area (Å²) in [5.41, 5.74) is 2.50. The Labute approximate surface area is 196 Å². The Balaban J connectivity index is 1.57. The van der Waals surface area contributed by atoms with Crippen LogP contribution in [0.15, 0.2) is 84.0 Å². The van der Waals surface area contributed by atoms with Crippen molar-refractivity contribution in [3.63, 3.8) is 0 Å². The molecule has 0 fully saturated rings. The lowest BCUT2D eigenvalue weighted by Crippen LogP contribution is -2.14. The first-order valence-electron chi connectivity index (χ1n) is 10.5. The number of ether oxygens (including phenoxy) is 2. The van der Waals surface area contributed by atoms with E-state index in [0.717, 1.165) is 17.0 Å². The molecular weight excluding hydrogens is 436 g/mol. The maximum Gasteiger partial charge on any atom is 0.234 e. The first-order chi connectivity index (χ1) is 16.2. The topological polar surface area (TPSA) is 78.3 Å². The van der Waals surface area contributed by atoms with E-state index in [4.69, 9.17) is 9.47 Å². The zero-order valence-electron chi connectivity index (χ0n) is 18.4. The van der Waals surface area contributed by atoms with Crippen LogP contribution in [0, 0.1) is 0 Å². The lowest BCUT2D eigenvalue weighted by Gasteiger charge is -2.12. The van der Waals surface area contributed by atoms with E-state index in [0.29, 0.717) is 29.0 Å². The average molecular weight is 461 g/mol. The lowest BCUT2D eigenvalue weighted by atomic mass is 10.2. The maximum atomic E-state index is 12.6. The van der Waals surface area contributed by atoms with E-state index in [2.05, 4.69) is 15.5 Å². The summed E-state index contributed by atoms with van der Waals surface area (Å²) in [5, 5.41) is 12.3. The Morgan fingerprint density at radius 3 is 2.48 bits per heavy atom. The molecule has 1 amide bonds. The molecule has 8 heteroatoms. The van der Waals surface area contributed by atoms with Crippen LogP contribution in [0.5, 0.6) is 11.5 Å². The molecule has 0 atom stereocenters. The third kappa shape index (κ3) is 5.53. The minimum atomic E-state index is -0.143. The Hall–Kier alpha value is -3.78. The number of thioether (sulfide) groups is 1. The van der Waals surface area contributed by atoms with Gasteiger partial charge in [-0.1, -0.05) is 48.2 Å². The molecule has 0 saturated carbocycles. The monoisotopic (exact) mass is 460 g/mol. The number of methoxy groups -OCH3 is 1. The number of nitrogens with one attached hydrogen (secondary N) is 1. The highest BCUT2D eigenvalue weighted by molar-refractivity contribution is 7.99. The number of hydrogen-bond donors (Lipinski definition) is 1. The van der Waals surface area contributed by atoms with Gasteiger partial charge in [-0.25, -0.2) is 0 Å². The van der Waals surface area contributed by atoms with E-state index in [1.807, 2.05) is 84.3 Å². The van der Waals surface area contributed by atoms with Gasteiger partial charge in [0, 0.05) is 23.0 Å². The third-order valence-electron chi connectivity index (χ3n) is 4.76. The largest absolute Gasteiger partial charge is 0.497 e. The summed E-state index contributed by atoms with van der Waals surface area (Å²) in [5.74, 6) is 2.22. The zero-order valence-corrected chi connectivity index (χ0v) is 19.2. The minimum Gasteiger partial charge on any atom is -0.497 e. The van der Waals surface area contributed by atoms with Crippen molar-refractivity contribution in [3.8, 4) is 28.6 Å². The summed E-state index contributed by atoms with van der Waals surface area (Å²) < 4.78 is 12.7. The Kier molecular flexibility index (Phi) is 7.26. The van der Waals surface area contributed by atoms with Gasteiger partial charge in [-0.3, -0.25) is 9.36 Å². The molecule has 4 rings (SSSR count). The molecule has 33 heavy (non-hydrogen) atoms. The predicted octanol–water partition coefficient (Wildman–Crippen LogP) is 5.07. The molecule has 1 heterocycles. The van der Waals surface area contributed by atoms with Crippen molar-refractivity contribution in [1.29, 1.82) is 0 Å². The van der Waals surface area contributed by atoms with E-state index < -0.39 is 0 Å². The van der Waals surface area contributed by atoms with Crippen LogP contribution in [-0.2, 0) is 4.79 Å². The highest BCUT2D eigenvalue weighted by atomic mass is 32.2. The average Bonchev–Trinajstić information content (AvgIpc) is 3.28. The van der Waals surface area contributed by atoms with Crippen LogP contribution in [0.25, 0.3) is 17.1 Å². The second-order valence-electron chi connectivity index (χ2n) is 7.00. The van der Waals surface area contributed by atoms with Gasteiger partial charge in [0.1, 0.15) is 11.5 Å². The zero-order chi connectivity index (χ0) is 23.0. The van der Waals surface area contributed by atoms with Gasteiger partial charge < -0.3 is 14.8 Å². The molecular formula is C25H24N4O3S. The predicted molar refractivity (Wildman–Crippen MR) is 130 cm³/mol. The van der Waals surface area contributed by atoms with Crippen LogP contribution < -0.4 is 14.8 Å². The number of aromatic nitrogens is 3. The number of anilines is 1. The highest BCUT2D eigenvalue weighted by Gasteiger charge is 2.17. The summed E-state index contributed by atoms with van der Waals surface area (Å²) in [6, 6.07) is 24.8. The molecule has 4 aromatic rings. The van der Waals surface area contributed by atoms with Crippen molar-refractivity contribution in [1.82, 2.24) is 14.8 Å². The number of rotatable bonds is 9. The Morgan fingerprint density at radius 2 is 1.76 bits per heavy atom. The molecule has 168 valence electrons. The quantitative estimate of drug-likeness (QED) is 0.351. The van der Waals surface area contributed by atoms with Gasteiger partial charge in [-0.15, -0.1) is 10.2 Å². The molecule has 0 aliphatic heterocycles. The maximum absolute atomic E-state index is 12.6. The smallest absolute Gasteiger partial charge is 0.234 e. The highest BCUT2D eigenvalue weighted by Crippen LogP contribution is 2.29. The molecule has 0 unspecified atom stereocenters. The SMILES string of the molecule is CCOc1ccc(-n2c(SCC(=O)Nc3cccc(OC)c3)nnc2-c2ccccc2)cc1. The summed E-state index contributed by atoms with van der Waals surface area (Å²) in [6.45, 7) is 2.55. The molecule has 3 aromatic carbocycles. The molecule has 0 bridgehead atoms. The number of nitrogens with zero attached hydrogens (tertiary/aromatic N) is 3. The molecule has 1 aromatic heterocycles. The minimum absolute atomic E-state index is 0.143. The molecule has 1 N–H and O–H groups in total. The summed E-state index contributed by atoms with van der Waals surface area (Å²) in [4.78, 5) is 12.6. The van der Waals surface area contributed by atoms with E-state index >= 15 is 0 Å². The van der Waals surface area contributed by atoms with Gasteiger partial charge in [-0.05, 0) is 43.3 Å². The van der Waals surface area contributed by atoms with Crippen LogP contribution in [-0.4, -0.2) is 40.1 Å². The number of hydrogen-bond acceptors (Lipinski definition) is 6. The number of benzene rings is 3. The van der Waals surface area contributed by atoms with Crippen molar-refractivity contribution in [3.05, 3.63) is 78.9 Å². The summed E-state index contributed by atoms with van der Waals surface area (Å²) in [6.07, 6.45) is 0. The second kappa shape index (κ2) is 10.7. The molecule has 0 aliphatic carbocycles. The van der Waals surface area contributed by atoms with Gasteiger partial charge in [0.2, 0.25) is 5.91 Å². The third-order valence-corrected chi connectivity index (χ3v) is 5.69. The summed E-state index contributed by atoms with van der Waals surface area (Å²) in [7, 11) is 1.59. The standard InChI is InChI=1S/C25H24N4O3S/c1-3-32-21-14-12-20(13-15-21)29-24(18-8-5-4-6-9-18)27-28-25(29)33-17-23(30)26-19-10-7-11-22(16-19)31-2/h4-16H,3,17H2,1-2H3,(H,26,30). The van der Waals surface area contributed by atoms with Crippen molar-refractivity contribution in [2.24, 2.45) is 0 Å². The lowest BCUT2D eigenvalue weighted by molar-refractivity contribution is -0.113. The van der Waals surface area contributed by atoms with Crippen molar-refractivity contribution in [2.75, 3.05) is 24.8 Å². The fourth-order valence-electron chi connectivity index (χ4n) is 3.26. The summed E-state index contributed by atoms with van der Waals surface area (Å²) >= 11 is 1.32. The van der Waals surface area contributed by atoms with Gasteiger partial charge in [-0.2, -0.15) is 0 Å². The van der Waals surface area contributed by atoms with Crippen LogP contribution in [0.2, 0.25) is 0 Å². The fourth-order valence-corrected chi connectivity index (χ4v) is 4.01. The normalized spacial score (nSPS) is 10.6. The van der Waals surface area contributed by atoms with E-state index in [9.17, 15) is 4.79 Å². The molecule has 0 aliphatic rings. The van der Waals surface area contributed by atoms with Crippen LogP contribution in [0.1, 0.15) is 6.92 Å². The van der Waals surface area contributed by atoms with E-state index in [1.54, 1.807) is 13.2 Å². The van der Waals surface area contributed by atoms with Gasteiger partial charge in [0.25, 0.3) is 0 Å². The first-order valence-corrected chi connectivity index (χ1v) is 11.5. The van der Waals surface area contributed by atoms with Crippen LogP contribution in [0.3, 0.4) is 0 Å². The molecule has 0 spiro atoms. The number of carbonyl (C=O) groups is 1. The van der Waals surface area contributed by atoms with Gasteiger partial charge >= 0.3 is 0 Å². The second-order valence-corrected chi connectivity index (χ2v) is 7.95.